The van der Waals surface area contributed by atoms with Crippen molar-refractivity contribution >= 4 is 63.2 Å². The zero-order valence-electron chi connectivity index (χ0n) is 31.8. The summed E-state index contributed by atoms with van der Waals surface area (Å²) >= 11 is 1.25. The standard InChI is InChI=1S/C36H46N4O13S2/c1-9-10-24(42)53-21-13-11-20(12-14-21)26(37-19(4)15-25(43)52-18(2)3)30(44)38-27-31(45)40-28(35(5,6)54-32(27)40)33(46)50-17-51-34(47)29-36(7,8)55(48,49)23-16-22(41)39(23)29/h11-15,18,23,26-29,32,37H,9-10,16-17H2,1-8H3,(H,38,44)/t23-,26?,27-,28+,29+,32-/m1/s1. The maximum absolute atomic E-state index is 13.9. The van der Waals surface area contributed by atoms with Gasteiger partial charge < -0.3 is 39.4 Å². The number of β-lactam (4-membered cyclic amide) rings is 2. The van der Waals surface area contributed by atoms with Gasteiger partial charge in [0.25, 0.3) is 0 Å². The number of hydrogen-bond acceptors (Lipinski definition) is 15. The number of benzene rings is 1. The number of rotatable bonds is 14. The fraction of sp³-hybridized carbons (Fsp3) is 0.583. The lowest BCUT2D eigenvalue weighted by molar-refractivity contribution is -0.181. The molecule has 4 fully saturated rings. The van der Waals surface area contributed by atoms with Crippen LogP contribution in [0.4, 0.5) is 0 Å². The fourth-order valence-electron chi connectivity index (χ4n) is 7.00. The van der Waals surface area contributed by atoms with Gasteiger partial charge in [0.2, 0.25) is 24.5 Å². The Balaban J connectivity index is 1.25. The van der Waals surface area contributed by atoms with Gasteiger partial charge in [-0.3, -0.25) is 19.2 Å². The van der Waals surface area contributed by atoms with E-state index >= 15 is 0 Å². The number of hydrogen-bond donors (Lipinski definition) is 2. The third-order valence-electron chi connectivity index (χ3n) is 9.78. The third kappa shape index (κ3) is 7.90. The maximum atomic E-state index is 13.9. The Morgan fingerprint density at radius 2 is 1.60 bits per heavy atom. The average Bonchev–Trinajstić information content (AvgIpc) is 3.40. The number of ether oxygens (including phenoxy) is 4. The number of allylic oxidation sites excluding steroid dienone is 1. The van der Waals surface area contributed by atoms with E-state index in [2.05, 4.69) is 10.6 Å². The molecule has 1 unspecified atom stereocenters. The number of nitrogens with zero attached hydrogens (tertiary/aromatic N) is 2. The summed E-state index contributed by atoms with van der Waals surface area (Å²) in [4.78, 5) is 92.6. The van der Waals surface area contributed by atoms with Gasteiger partial charge in [-0.1, -0.05) is 19.1 Å². The highest BCUT2D eigenvalue weighted by Gasteiger charge is 2.68. The van der Waals surface area contributed by atoms with Gasteiger partial charge in [-0.2, -0.15) is 0 Å². The van der Waals surface area contributed by atoms with E-state index in [9.17, 15) is 42.0 Å². The van der Waals surface area contributed by atoms with Gasteiger partial charge in [0.05, 0.1) is 17.3 Å². The molecular weight excluding hydrogens is 761 g/mol. The number of fused-ring (bicyclic) bond motifs is 2. The van der Waals surface area contributed by atoms with Crippen molar-refractivity contribution in [3.63, 3.8) is 0 Å². The van der Waals surface area contributed by atoms with Gasteiger partial charge in [-0.15, -0.1) is 11.8 Å². The summed E-state index contributed by atoms with van der Waals surface area (Å²) in [7, 11) is -3.85. The summed E-state index contributed by atoms with van der Waals surface area (Å²) in [5, 5.41) is 3.97. The van der Waals surface area contributed by atoms with Gasteiger partial charge in [0, 0.05) is 22.9 Å². The quantitative estimate of drug-likeness (QED) is 0.0897. The minimum absolute atomic E-state index is 0.223. The predicted molar refractivity (Wildman–Crippen MR) is 195 cm³/mol. The van der Waals surface area contributed by atoms with Crippen molar-refractivity contribution in [3.8, 4) is 5.75 Å². The van der Waals surface area contributed by atoms with E-state index in [4.69, 9.17) is 18.9 Å². The molecule has 3 amide bonds. The molecule has 300 valence electrons. The SMILES string of the molecule is CCCC(=O)Oc1ccc(C(NC(C)=CC(=O)OC(C)C)C(=O)N[C@@H]2C(=O)N3[C@@H]2SC(C)(C)[C@@H]3C(=O)OCOC(=O)[C@@H]2N3C(=O)C[C@H]3S(=O)(=O)C2(C)C)cc1. The Kier molecular flexibility index (Phi) is 11.7. The van der Waals surface area contributed by atoms with Crippen molar-refractivity contribution in [1.29, 1.82) is 0 Å². The number of esters is 4. The normalized spacial score (nSPS) is 26.1. The molecule has 4 aliphatic rings. The van der Waals surface area contributed by atoms with Gasteiger partial charge >= 0.3 is 23.9 Å². The third-order valence-corrected chi connectivity index (χ3v) is 14.2. The first-order chi connectivity index (χ1) is 25.6. The first-order valence-corrected chi connectivity index (χ1v) is 20.2. The van der Waals surface area contributed by atoms with Gasteiger partial charge in [0.1, 0.15) is 40.7 Å². The lowest BCUT2D eigenvalue weighted by atomic mass is 9.95. The Hall–Kier alpha value is -4.65. The molecule has 6 atom stereocenters. The topological polar surface area (TPSA) is 221 Å². The van der Waals surface area contributed by atoms with Crippen LogP contribution in [-0.4, -0.2) is 111 Å². The van der Waals surface area contributed by atoms with E-state index in [0.717, 1.165) is 4.90 Å². The highest BCUT2D eigenvalue weighted by atomic mass is 32.2. The van der Waals surface area contributed by atoms with Crippen LogP contribution in [0.5, 0.6) is 5.75 Å². The molecule has 5 rings (SSSR count). The molecule has 17 nitrogen and oxygen atoms in total. The lowest BCUT2D eigenvalue weighted by Crippen LogP contribution is -2.71. The van der Waals surface area contributed by atoms with Crippen molar-refractivity contribution in [2.24, 2.45) is 0 Å². The van der Waals surface area contributed by atoms with E-state index in [1.807, 2.05) is 6.92 Å². The zero-order chi connectivity index (χ0) is 40.8. The largest absolute Gasteiger partial charge is 0.460 e. The first kappa shape index (κ1) is 41.5. The molecule has 0 saturated carbocycles. The van der Waals surface area contributed by atoms with E-state index in [0.29, 0.717) is 17.7 Å². The molecule has 4 heterocycles. The van der Waals surface area contributed by atoms with E-state index < -0.39 is 103 Å². The molecule has 4 saturated heterocycles. The second-order valence-electron chi connectivity index (χ2n) is 15.0. The van der Waals surface area contributed by atoms with Crippen molar-refractivity contribution in [2.75, 3.05) is 6.79 Å². The van der Waals surface area contributed by atoms with Crippen molar-refractivity contribution in [1.82, 2.24) is 20.4 Å². The van der Waals surface area contributed by atoms with Crippen LogP contribution in [0, 0.1) is 0 Å². The Bertz CT molecular complexity index is 1910. The summed E-state index contributed by atoms with van der Waals surface area (Å²) in [6.45, 7) is 12.0. The summed E-state index contributed by atoms with van der Waals surface area (Å²) < 4.78 is 44.1. The van der Waals surface area contributed by atoms with Crippen LogP contribution in [0.1, 0.15) is 86.3 Å². The molecule has 0 aliphatic carbocycles. The van der Waals surface area contributed by atoms with Gasteiger partial charge in [-0.25, -0.2) is 22.8 Å². The summed E-state index contributed by atoms with van der Waals surface area (Å²) in [5.41, 5.74) is 0.712. The summed E-state index contributed by atoms with van der Waals surface area (Å²) in [6.07, 6.45) is 1.43. The van der Waals surface area contributed by atoms with Crippen molar-refractivity contribution < 1.29 is 60.9 Å². The fourth-order valence-corrected chi connectivity index (χ4v) is 10.7. The van der Waals surface area contributed by atoms with Gasteiger partial charge in [0.15, 0.2) is 9.84 Å². The zero-order valence-corrected chi connectivity index (χ0v) is 33.4. The summed E-state index contributed by atoms with van der Waals surface area (Å²) in [6, 6.07) is 1.45. The molecule has 1 aromatic rings. The molecule has 4 aliphatic heterocycles. The Morgan fingerprint density at radius 3 is 2.18 bits per heavy atom. The number of amides is 3. The molecule has 0 aromatic heterocycles. The number of thioether (sulfide) groups is 1. The van der Waals surface area contributed by atoms with Crippen LogP contribution in [0.15, 0.2) is 36.0 Å². The number of nitrogens with one attached hydrogen (secondary N) is 2. The minimum atomic E-state index is -3.85. The average molecular weight is 807 g/mol. The smallest absolute Gasteiger partial charge is 0.333 e. The minimum Gasteiger partial charge on any atom is -0.460 e. The predicted octanol–water partition coefficient (Wildman–Crippen LogP) is 1.60. The van der Waals surface area contributed by atoms with Crippen LogP contribution in [0.3, 0.4) is 0 Å². The lowest BCUT2D eigenvalue weighted by Gasteiger charge is -2.44. The number of carbonyl (C=O) groups is 7. The molecule has 2 N–H and O–H groups in total. The Labute approximate surface area is 323 Å². The summed E-state index contributed by atoms with van der Waals surface area (Å²) in [5.74, 6) is -4.41. The van der Waals surface area contributed by atoms with Crippen molar-refractivity contribution in [2.45, 2.75) is 125 Å². The molecule has 55 heavy (non-hydrogen) atoms. The molecule has 0 bridgehead atoms. The van der Waals surface area contributed by atoms with Crippen LogP contribution >= 0.6 is 11.8 Å². The molecular formula is C36H46N4O13S2. The number of carbonyl (C=O) groups excluding carboxylic acids is 7. The second kappa shape index (κ2) is 15.5. The Morgan fingerprint density at radius 1 is 0.982 bits per heavy atom. The maximum Gasteiger partial charge on any atom is 0.333 e. The monoisotopic (exact) mass is 806 g/mol. The second-order valence-corrected chi connectivity index (χ2v) is 19.4. The molecule has 0 spiro atoms. The van der Waals surface area contributed by atoms with Gasteiger partial charge in [-0.05, 0) is 72.6 Å². The van der Waals surface area contributed by atoms with Crippen LogP contribution in [0.2, 0.25) is 0 Å². The highest BCUT2D eigenvalue weighted by Crippen LogP contribution is 2.51. The number of sulfone groups is 1. The van der Waals surface area contributed by atoms with Crippen LogP contribution in [0.25, 0.3) is 0 Å². The molecule has 0 radical (unpaired) electrons. The van der Waals surface area contributed by atoms with Crippen molar-refractivity contribution in [3.05, 3.63) is 41.6 Å². The van der Waals surface area contributed by atoms with E-state index in [1.165, 1.54) is 48.7 Å². The molecule has 19 heteroatoms. The van der Waals surface area contributed by atoms with Crippen LogP contribution < -0.4 is 15.4 Å². The highest BCUT2D eigenvalue weighted by molar-refractivity contribution is 8.01. The van der Waals surface area contributed by atoms with E-state index in [1.54, 1.807) is 46.8 Å². The molecule has 1 aromatic carbocycles. The first-order valence-electron chi connectivity index (χ1n) is 17.8. The van der Waals surface area contributed by atoms with Crippen LogP contribution in [-0.2, 0) is 57.6 Å². The van der Waals surface area contributed by atoms with E-state index in [-0.39, 0.29) is 24.7 Å².